The zero-order chi connectivity index (χ0) is 17.3. The molecule has 0 heterocycles. The quantitative estimate of drug-likeness (QED) is 0.289. The van der Waals surface area contributed by atoms with Crippen LogP contribution in [-0.2, 0) is 10.1 Å². The molecular weight excluding hydrogens is 330 g/mol. The van der Waals surface area contributed by atoms with Gasteiger partial charge >= 0.3 is 0 Å². The van der Waals surface area contributed by atoms with Crippen LogP contribution in [0.3, 0.4) is 0 Å². The molecule has 7 nitrogen and oxygen atoms in total. The summed E-state index contributed by atoms with van der Waals surface area (Å²) in [7, 11) is -4.26. The van der Waals surface area contributed by atoms with E-state index in [9.17, 15) is 13.5 Å². The zero-order valence-corrected chi connectivity index (χ0v) is 13.1. The number of nitrogens with two attached hydrogens (primary N) is 1. The number of rotatable bonds is 3. The first-order valence-electron chi connectivity index (χ1n) is 6.85. The highest BCUT2D eigenvalue weighted by Gasteiger charge is 2.10. The first kappa shape index (κ1) is 15.9. The minimum Gasteiger partial charge on any atom is -0.506 e. The van der Waals surface area contributed by atoms with Crippen molar-refractivity contribution in [3.63, 3.8) is 0 Å². The van der Waals surface area contributed by atoms with E-state index in [2.05, 4.69) is 10.2 Å². The van der Waals surface area contributed by atoms with E-state index < -0.39 is 10.1 Å². The Kier molecular flexibility index (Phi) is 3.92. The van der Waals surface area contributed by atoms with E-state index in [-0.39, 0.29) is 16.3 Å². The summed E-state index contributed by atoms with van der Waals surface area (Å²) in [5.74, 6) is -0.0307. The van der Waals surface area contributed by atoms with E-state index in [1.165, 1.54) is 24.3 Å². The number of nitrogens with zero attached hydrogens (tertiary/aromatic N) is 2. The molecular formula is C16H13N3O4S. The summed E-state index contributed by atoms with van der Waals surface area (Å²) in [5.41, 5.74) is 6.80. The first-order valence-corrected chi connectivity index (χ1v) is 8.29. The van der Waals surface area contributed by atoms with Crippen molar-refractivity contribution in [2.75, 3.05) is 5.73 Å². The van der Waals surface area contributed by atoms with Gasteiger partial charge in [-0.1, -0.05) is 18.2 Å². The summed E-state index contributed by atoms with van der Waals surface area (Å²) in [6, 6.07) is 13.8. The summed E-state index contributed by atoms with van der Waals surface area (Å²) >= 11 is 0. The van der Waals surface area contributed by atoms with Crippen LogP contribution in [0, 0.1) is 0 Å². The molecule has 3 aromatic carbocycles. The standard InChI is InChI=1S/C16H13N3O4S/c17-14-9-11(4-7-16(14)20)18-19-15-3-1-2-10-8-12(24(21,22)23)5-6-13(10)15/h1-9,20H,17H2,(H,21,22,23). The molecule has 24 heavy (non-hydrogen) atoms. The zero-order valence-electron chi connectivity index (χ0n) is 12.3. The van der Waals surface area contributed by atoms with Gasteiger partial charge in [0, 0.05) is 5.39 Å². The SMILES string of the molecule is Nc1cc(N=Nc2cccc3cc(S(=O)(=O)O)ccc23)ccc1O. The number of anilines is 1. The van der Waals surface area contributed by atoms with Crippen molar-refractivity contribution in [3.8, 4) is 5.75 Å². The van der Waals surface area contributed by atoms with Crippen LogP contribution >= 0.6 is 0 Å². The highest BCUT2D eigenvalue weighted by Crippen LogP contribution is 2.31. The average molecular weight is 343 g/mol. The second kappa shape index (κ2) is 5.91. The van der Waals surface area contributed by atoms with E-state index >= 15 is 0 Å². The lowest BCUT2D eigenvalue weighted by Gasteiger charge is -2.04. The number of hydrogen-bond donors (Lipinski definition) is 3. The van der Waals surface area contributed by atoms with Gasteiger partial charge in [-0.25, -0.2) is 0 Å². The largest absolute Gasteiger partial charge is 0.506 e. The number of phenols is 1. The number of benzene rings is 3. The minimum atomic E-state index is -4.26. The molecule has 0 unspecified atom stereocenters. The molecule has 0 atom stereocenters. The fourth-order valence-corrected chi connectivity index (χ4v) is 2.72. The van der Waals surface area contributed by atoms with E-state index in [0.717, 1.165) is 0 Å². The van der Waals surface area contributed by atoms with Gasteiger partial charge in [0.1, 0.15) is 5.75 Å². The van der Waals surface area contributed by atoms with Gasteiger partial charge in [-0.15, -0.1) is 5.11 Å². The fourth-order valence-electron chi connectivity index (χ4n) is 2.21. The Balaban J connectivity index is 2.03. The monoisotopic (exact) mass is 343 g/mol. The van der Waals surface area contributed by atoms with E-state index in [1.807, 2.05) is 0 Å². The summed E-state index contributed by atoms with van der Waals surface area (Å²) in [6.45, 7) is 0. The molecule has 0 aromatic heterocycles. The molecule has 0 aliphatic heterocycles. The van der Waals surface area contributed by atoms with Gasteiger partial charge in [-0.2, -0.15) is 13.5 Å². The highest BCUT2D eigenvalue weighted by molar-refractivity contribution is 7.85. The number of hydrogen-bond acceptors (Lipinski definition) is 6. The van der Waals surface area contributed by atoms with Crippen LogP contribution in [0.15, 0.2) is 69.7 Å². The molecule has 0 radical (unpaired) electrons. The van der Waals surface area contributed by atoms with Crippen LogP contribution < -0.4 is 5.73 Å². The Bertz CT molecular complexity index is 1060. The van der Waals surface area contributed by atoms with Crippen LogP contribution in [-0.4, -0.2) is 18.1 Å². The van der Waals surface area contributed by atoms with Crippen molar-refractivity contribution >= 4 is 38.0 Å². The second-order valence-electron chi connectivity index (χ2n) is 5.08. The van der Waals surface area contributed by atoms with Crippen molar-refractivity contribution in [3.05, 3.63) is 54.6 Å². The molecule has 0 saturated heterocycles. The number of azo groups is 1. The van der Waals surface area contributed by atoms with Crippen LogP contribution in [0.25, 0.3) is 10.8 Å². The molecule has 3 aromatic rings. The smallest absolute Gasteiger partial charge is 0.294 e. The summed E-state index contributed by atoms with van der Waals surface area (Å²) in [5, 5.41) is 18.9. The predicted octanol–water partition coefficient (Wildman–Crippen LogP) is 3.79. The van der Waals surface area contributed by atoms with Crippen molar-refractivity contribution < 1.29 is 18.1 Å². The molecule has 8 heteroatoms. The van der Waals surface area contributed by atoms with Gasteiger partial charge in [-0.3, -0.25) is 4.55 Å². The van der Waals surface area contributed by atoms with Gasteiger partial charge < -0.3 is 10.8 Å². The van der Waals surface area contributed by atoms with Gasteiger partial charge in [0.25, 0.3) is 10.1 Å². The Hall–Kier alpha value is -2.97. The van der Waals surface area contributed by atoms with Gasteiger partial charge in [0.05, 0.1) is 22.0 Å². The van der Waals surface area contributed by atoms with Crippen LogP contribution in [0.4, 0.5) is 17.1 Å². The maximum atomic E-state index is 11.2. The Morgan fingerprint density at radius 2 is 1.75 bits per heavy atom. The molecule has 0 spiro atoms. The number of phenolic OH excluding ortho intramolecular Hbond substituents is 1. The van der Waals surface area contributed by atoms with E-state index in [4.69, 9.17) is 10.3 Å². The maximum Gasteiger partial charge on any atom is 0.294 e. The lowest BCUT2D eigenvalue weighted by Crippen LogP contribution is -1.97. The molecule has 0 saturated carbocycles. The number of aromatic hydroxyl groups is 1. The molecule has 3 rings (SSSR count). The first-order chi connectivity index (χ1) is 11.3. The predicted molar refractivity (Wildman–Crippen MR) is 90.5 cm³/mol. The van der Waals surface area contributed by atoms with Gasteiger partial charge in [0.2, 0.25) is 0 Å². The molecule has 0 aliphatic rings. The van der Waals surface area contributed by atoms with Crippen molar-refractivity contribution in [2.24, 2.45) is 10.2 Å². The molecule has 0 fully saturated rings. The second-order valence-corrected chi connectivity index (χ2v) is 6.50. The van der Waals surface area contributed by atoms with Gasteiger partial charge in [0.15, 0.2) is 0 Å². The van der Waals surface area contributed by atoms with Crippen molar-refractivity contribution in [2.45, 2.75) is 4.90 Å². The molecule has 4 N–H and O–H groups in total. The third-order valence-electron chi connectivity index (χ3n) is 3.41. The number of nitrogen functional groups attached to an aromatic ring is 1. The van der Waals surface area contributed by atoms with Crippen molar-refractivity contribution in [1.29, 1.82) is 0 Å². The molecule has 122 valence electrons. The van der Waals surface area contributed by atoms with Crippen molar-refractivity contribution in [1.82, 2.24) is 0 Å². The van der Waals surface area contributed by atoms with E-state index in [0.29, 0.717) is 22.1 Å². The third kappa shape index (κ3) is 3.19. The summed E-state index contributed by atoms with van der Waals surface area (Å²) < 4.78 is 31.5. The topological polar surface area (TPSA) is 125 Å². The van der Waals surface area contributed by atoms with Crippen LogP contribution in [0.5, 0.6) is 5.75 Å². The minimum absolute atomic E-state index is 0.0307. The van der Waals surface area contributed by atoms with E-state index in [1.54, 1.807) is 30.3 Å². The Morgan fingerprint density at radius 3 is 2.46 bits per heavy atom. The molecule has 0 aliphatic carbocycles. The Morgan fingerprint density at radius 1 is 0.958 bits per heavy atom. The highest BCUT2D eigenvalue weighted by atomic mass is 32.2. The molecule has 0 bridgehead atoms. The van der Waals surface area contributed by atoms with Gasteiger partial charge in [-0.05, 0) is 41.8 Å². The fraction of sp³-hybridized carbons (Fsp3) is 0. The number of fused-ring (bicyclic) bond motifs is 1. The summed E-state index contributed by atoms with van der Waals surface area (Å²) in [6.07, 6.45) is 0. The average Bonchev–Trinajstić information content (AvgIpc) is 2.54. The Labute approximate surface area is 137 Å². The maximum absolute atomic E-state index is 11.2. The van der Waals surface area contributed by atoms with Crippen LogP contribution in [0.2, 0.25) is 0 Å². The van der Waals surface area contributed by atoms with Crippen LogP contribution in [0.1, 0.15) is 0 Å². The molecule has 0 amide bonds. The third-order valence-corrected chi connectivity index (χ3v) is 4.26. The lowest BCUT2D eigenvalue weighted by molar-refractivity contribution is 0.478. The lowest BCUT2D eigenvalue weighted by atomic mass is 10.1. The normalized spacial score (nSPS) is 12.0. The summed E-state index contributed by atoms with van der Waals surface area (Å²) in [4.78, 5) is -0.185.